The molecule has 2 heterocycles. The lowest BCUT2D eigenvalue weighted by molar-refractivity contribution is -0.126. The molecule has 100 valence electrons. The van der Waals surface area contributed by atoms with Crippen molar-refractivity contribution in [3.05, 3.63) is 16.4 Å². The molecule has 1 aromatic rings. The summed E-state index contributed by atoms with van der Waals surface area (Å²) in [6, 6.07) is 0. The van der Waals surface area contributed by atoms with E-state index >= 15 is 0 Å². The highest BCUT2D eigenvalue weighted by Crippen LogP contribution is 2.29. The van der Waals surface area contributed by atoms with Crippen molar-refractivity contribution in [3.63, 3.8) is 0 Å². The van der Waals surface area contributed by atoms with E-state index < -0.39 is 0 Å². The van der Waals surface area contributed by atoms with Crippen molar-refractivity contribution < 1.29 is 4.79 Å². The van der Waals surface area contributed by atoms with Gasteiger partial charge in [-0.05, 0) is 19.4 Å². The monoisotopic (exact) mass is 269 g/mol. The van der Waals surface area contributed by atoms with Crippen molar-refractivity contribution in [1.82, 2.24) is 15.1 Å². The van der Waals surface area contributed by atoms with E-state index in [1.54, 1.807) is 4.68 Å². The molecule has 5 heteroatoms. The number of aryl methyl sites for hydroxylation is 2. The van der Waals surface area contributed by atoms with Gasteiger partial charge in [0.05, 0.1) is 22.8 Å². The van der Waals surface area contributed by atoms with E-state index in [0.29, 0.717) is 11.4 Å². The molecule has 1 unspecified atom stereocenters. The number of Topliss-reactive ketones (excluding diaryl/α,β-unsaturated/α-hetero) is 1. The van der Waals surface area contributed by atoms with Gasteiger partial charge in [0.1, 0.15) is 5.78 Å². The van der Waals surface area contributed by atoms with Crippen LogP contribution < -0.4 is 5.32 Å². The van der Waals surface area contributed by atoms with Gasteiger partial charge in [-0.25, -0.2) is 0 Å². The van der Waals surface area contributed by atoms with E-state index in [1.807, 2.05) is 20.9 Å². The first-order chi connectivity index (χ1) is 8.48. The number of hydrogen-bond donors (Lipinski definition) is 1. The number of hydrogen-bond acceptors (Lipinski definition) is 3. The third kappa shape index (κ3) is 2.31. The first-order valence-electron chi connectivity index (χ1n) is 6.42. The second-order valence-corrected chi connectivity index (χ2v) is 5.65. The molecule has 1 aromatic heterocycles. The number of nitrogens with one attached hydrogen (secondary N) is 1. The van der Waals surface area contributed by atoms with Gasteiger partial charge in [0.15, 0.2) is 0 Å². The van der Waals surface area contributed by atoms with Gasteiger partial charge in [-0.2, -0.15) is 5.10 Å². The zero-order valence-corrected chi connectivity index (χ0v) is 12.0. The summed E-state index contributed by atoms with van der Waals surface area (Å²) in [4.78, 5) is 12.4. The molecule has 0 amide bonds. The molecular weight excluding hydrogens is 250 g/mol. The highest BCUT2D eigenvalue weighted by Gasteiger charge is 2.36. The lowest BCUT2D eigenvalue weighted by Crippen LogP contribution is -2.32. The highest BCUT2D eigenvalue weighted by atomic mass is 35.5. The summed E-state index contributed by atoms with van der Waals surface area (Å²) in [5.74, 6) is 0.250. The first kappa shape index (κ1) is 13.6. The Morgan fingerprint density at radius 3 is 2.83 bits per heavy atom. The zero-order valence-electron chi connectivity index (χ0n) is 11.2. The molecule has 1 fully saturated rings. The molecular formula is C13H20ClN3O. The quantitative estimate of drug-likeness (QED) is 0.906. The second kappa shape index (κ2) is 5.02. The Morgan fingerprint density at radius 2 is 2.33 bits per heavy atom. The summed E-state index contributed by atoms with van der Waals surface area (Å²) >= 11 is 6.27. The smallest absolute Gasteiger partial charge is 0.146 e. The average Bonchev–Trinajstić information content (AvgIpc) is 2.89. The Labute approximate surface area is 113 Å². The topological polar surface area (TPSA) is 46.9 Å². The average molecular weight is 270 g/mol. The Kier molecular flexibility index (Phi) is 3.78. The standard InChI is InChI=1S/C13H20ClN3O/c1-4-9-12(14)10(17(3)16-9)7-11(18)13(2)5-6-15-8-13/h15H,4-8H2,1-3H3. The summed E-state index contributed by atoms with van der Waals surface area (Å²) in [6.45, 7) is 5.73. The maximum Gasteiger partial charge on any atom is 0.146 e. The molecule has 0 spiro atoms. The van der Waals surface area contributed by atoms with Gasteiger partial charge in [0.25, 0.3) is 0 Å². The number of carbonyl (C=O) groups is 1. The van der Waals surface area contributed by atoms with Crippen LogP contribution in [0.2, 0.25) is 5.02 Å². The summed E-state index contributed by atoms with van der Waals surface area (Å²) in [6.07, 6.45) is 2.07. The van der Waals surface area contributed by atoms with E-state index in [2.05, 4.69) is 10.4 Å². The number of aromatic nitrogens is 2. The van der Waals surface area contributed by atoms with Crippen molar-refractivity contribution in [2.75, 3.05) is 13.1 Å². The van der Waals surface area contributed by atoms with Crippen LogP contribution >= 0.6 is 11.6 Å². The van der Waals surface area contributed by atoms with Crippen molar-refractivity contribution in [1.29, 1.82) is 0 Å². The molecule has 1 N–H and O–H groups in total. The maximum atomic E-state index is 12.4. The molecule has 1 atom stereocenters. The molecule has 0 saturated carbocycles. The van der Waals surface area contributed by atoms with Gasteiger partial charge in [0, 0.05) is 19.0 Å². The van der Waals surface area contributed by atoms with Gasteiger partial charge in [0.2, 0.25) is 0 Å². The SMILES string of the molecule is CCc1nn(C)c(CC(=O)C2(C)CCNC2)c1Cl. The Morgan fingerprint density at radius 1 is 1.61 bits per heavy atom. The maximum absolute atomic E-state index is 12.4. The van der Waals surface area contributed by atoms with Gasteiger partial charge in [-0.1, -0.05) is 25.4 Å². The highest BCUT2D eigenvalue weighted by molar-refractivity contribution is 6.32. The predicted octanol–water partition coefficient (Wildman–Crippen LogP) is 1.75. The van der Waals surface area contributed by atoms with Gasteiger partial charge < -0.3 is 5.32 Å². The number of carbonyl (C=O) groups excluding carboxylic acids is 1. The number of nitrogens with zero attached hydrogens (tertiary/aromatic N) is 2. The van der Waals surface area contributed by atoms with Crippen LogP contribution in [0.15, 0.2) is 0 Å². The molecule has 1 aliphatic rings. The fourth-order valence-corrected chi connectivity index (χ4v) is 2.79. The van der Waals surface area contributed by atoms with Gasteiger partial charge in [-0.15, -0.1) is 0 Å². The molecule has 1 saturated heterocycles. The molecule has 0 aromatic carbocycles. The van der Waals surface area contributed by atoms with Gasteiger partial charge in [-0.3, -0.25) is 9.48 Å². The van der Waals surface area contributed by atoms with E-state index in [4.69, 9.17) is 11.6 Å². The molecule has 1 aliphatic heterocycles. The molecule has 0 bridgehead atoms. The van der Waals surface area contributed by atoms with Crippen LogP contribution in [0.5, 0.6) is 0 Å². The van der Waals surface area contributed by atoms with Crippen LogP contribution in [-0.2, 0) is 24.7 Å². The van der Waals surface area contributed by atoms with E-state index in [1.165, 1.54) is 0 Å². The van der Waals surface area contributed by atoms with Crippen LogP contribution in [0.4, 0.5) is 0 Å². The minimum absolute atomic E-state index is 0.250. The minimum atomic E-state index is -0.250. The Hall–Kier alpha value is -0.870. The normalized spacial score (nSPS) is 23.6. The summed E-state index contributed by atoms with van der Waals surface area (Å²) in [5, 5.41) is 8.25. The third-order valence-corrected chi connectivity index (χ3v) is 4.31. The van der Waals surface area contributed by atoms with Gasteiger partial charge >= 0.3 is 0 Å². The zero-order chi connectivity index (χ0) is 13.3. The van der Waals surface area contributed by atoms with Crippen molar-refractivity contribution in [3.8, 4) is 0 Å². The molecule has 2 rings (SSSR count). The molecule has 4 nitrogen and oxygen atoms in total. The van der Waals surface area contributed by atoms with Crippen LogP contribution in [0.1, 0.15) is 31.7 Å². The van der Waals surface area contributed by atoms with Crippen LogP contribution in [-0.4, -0.2) is 28.7 Å². The number of halogens is 1. The predicted molar refractivity (Wildman–Crippen MR) is 71.9 cm³/mol. The van der Waals surface area contributed by atoms with Crippen molar-refractivity contribution in [2.24, 2.45) is 12.5 Å². The van der Waals surface area contributed by atoms with E-state index in [0.717, 1.165) is 37.3 Å². The second-order valence-electron chi connectivity index (χ2n) is 5.27. The molecule has 0 radical (unpaired) electrons. The largest absolute Gasteiger partial charge is 0.316 e. The minimum Gasteiger partial charge on any atom is -0.316 e. The fourth-order valence-electron chi connectivity index (χ4n) is 2.43. The summed E-state index contributed by atoms with van der Waals surface area (Å²) in [7, 11) is 1.85. The van der Waals surface area contributed by atoms with Crippen molar-refractivity contribution in [2.45, 2.75) is 33.1 Å². The van der Waals surface area contributed by atoms with E-state index in [-0.39, 0.29) is 11.2 Å². The van der Waals surface area contributed by atoms with Crippen LogP contribution in [0, 0.1) is 5.41 Å². The third-order valence-electron chi connectivity index (χ3n) is 3.87. The lowest BCUT2D eigenvalue weighted by atomic mass is 9.83. The van der Waals surface area contributed by atoms with Crippen LogP contribution in [0.25, 0.3) is 0 Å². The lowest BCUT2D eigenvalue weighted by Gasteiger charge is -2.20. The fraction of sp³-hybridized carbons (Fsp3) is 0.692. The van der Waals surface area contributed by atoms with Crippen LogP contribution in [0.3, 0.4) is 0 Å². The van der Waals surface area contributed by atoms with Crippen molar-refractivity contribution >= 4 is 17.4 Å². The Balaban J connectivity index is 2.19. The number of rotatable bonds is 4. The van der Waals surface area contributed by atoms with E-state index in [9.17, 15) is 4.79 Å². The molecule has 18 heavy (non-hydrogen) atoms. The molecule has 0 aliphatic carbocycles. The first-order valence-corrected chi connectivity index (χ1v) is 6.80. The Bertz CT molecular complexity index is 461. The summed E-state index contributed by atoms with van der Waals surface area (Å²) < 4.78 is 1.74. The summed E-state index contributed by atoms with van der Waals surface area (Å²) in [5.41, 5.74) is 1.46. The number of ketones is 1.